The predicted octanol–water partition coefficient (Wildman–Crippen LogP) is 2.96. The summed E-state index contributed by atoms with van der Waals surface area (Å²) >= 11 is 0. The van der Waals surface area contributed by atoms with Gasteiger partial charge in [-0.25, -0.2) is 4.98 Å². The van der Waals surface area contributed by atoms with Crippen LogP contribution in [-0.2, 0) is 0 Å². The molecule has 0 radical (unpaired) electrons. The number of amides is 1. The van der Waals surface area contributed by atoms with E-state index in [1.54, 1.807) is 18.3 Å². The van der Waals surface area contributed by atoms with Crippen LogP contribution in [0.4, 0.5) is 11.5 Å². The Morgan fingerprint density at radius 2 is 1.94 bits per heavy atom. The molecule has 1 aromatic heterocycles. The van der Waals surface area contributed by atoms with Gasteiger partial charge in [0.15, 0.2) is 0 Å². The largest absolute Gasteiger partial charge is 0.508 e. The smallest absolute Gasteiger partial charge is 0.250 e. The van der Waals surface area contributed by atoms with Gasteiger partial charge < -0.3 is 27.2 Å². The molecule has 1 saturated heterocycles. The van der Waals surface area contributed by atoms with Crippen molar-refractivity contribution in [2.75, 3.05) is 23.7 Å². The number of nitrogen functional groups attached to an aromatic ring is 1. The number of benzene rings is 2. The fourth-order valence-corrected chi connectivity index (χ4v) is 4.25. The quantitative estimate of drug-likeness (QED) is 0.483. The average molecular weight is 418 g/mol. The zero-order chi connectivity index (χ0) is 22.3. The van der Waals surface area contributed by atoms with Gasteiger partial charge in [-0.1, -0.05) is 6.07 Å². The highest BCUT2D eigenvalue weighted by molar-refractivity contribution is 6.04. The molecule has 0 spiro atoms. The lowest BCUT2D eigenvalue weighted by molar-refractivity contribution is 0.100. The molecule has 1 aliphatic rings. The minimum atomic E-state index is -0.601. The number of pyridine rings is 1. The third kappa shape index (κ3) is 3.80. The van der Waals surface area contributed by atoms with Crippen LogP contribution in [0, 0.1) is 13.8 Å². The molecule has 3 aromatic rings. The van der Waals surface area contributed by atoms with Gasteiger partial charge in [0.05, 0.1) is 11.3 Å². The third-order valence-corrected chi connectivity index (χ3v) is 5.99. The number of phenolic OH excluding ortho intramolecular Hbond substituents is 1. The molecule has 1 aliphatic heterocycles. The molecule has 2 aromatic carbocycles. The van der Waals surface area contributed by atoms with Crippen molar-refractivity contribution in [1.29, 1.82) is 0 Å². The maximum atomic E-state index is 12.2. The molecular weight excluding hydrogens is 390 g/mol. The molecule has 4 rings (SSSR count). The number of primary amides is 1. The Balaban J connectivity index is 1.89. The van der Waals surface area contributed by atoms with Crippen LogP contribution in [0.2, 0.25) is 0 Å². The molecular formula is C24H27N5O2. The number of carbonyl (C=O) groups is 1. The first-order chi connectivity index (χ1) is 14.8. The van der Waals surface area contributed by atoms with E-state index in [1.807, 2.05) is 38.1 Å². The number of aryl methyl sites for hydroxylation is 1. The Bertz CT molecular complexity index is 1170. The molecule has 0 saturated carbocycles. The summed E-state index contributed by atoms with van der Waals surface area (Å²) in [4.78, 5) is 18.9. The van der Waals surface area contributed by atoms with Gasteiger partial charge in [-0.15, -0.1) is 0 Å². The van der Waals surface area contributed by atoms with Crippen LogP contribution in [0.25, 0.3) is 22.3 Å². The van der Waals surface area contributed by atoms with Gasteiger partial charge >= 0.3 is 0 Å². The number of aromatic nitrogens is 1. The molecule has 0 unspecified atom stereocenters. The van der Waals surface area contributed by atoms with E-state index >= 15 is 0 Å². The highest BCUT2D eigenvalue weighted by atomic mass is 16.3. The Morgan fingerprint density at radius 1 is 1.16 bits per heavy atom. The van der Waals surface area contributed by atoms with E-state index in [1.165, 1.54) is 0 Å². The summed E-state index contributed by atoms with van der Waals surface area (Å²) in [6.07, 6.45) is 2.68. The number of phenols is 1. The summed E-state index contributed by atoms with van der Waals surface area (Å²) in [5, 5.41) is 10.3. The van der Waals surface area contributed by atoms with Gasteiger partial charge in [-0.3, -0.25) is 4.79 Å². The fourth-order valence-electron chi connectivity index (χ4n) is 4.25. The van der Waals surface area contributed by atoms with Crippen LogP contribution >= 0.6 is 0 Å². The van der Waals surface area contributed by atoms with E-state index in [-0.39, 0.29) is 17.4 Å². The zero-order valence-corrected chi connectivity index (χ0v) is 17.7. The summed E-state index contributed by atoms with van der Waals surface area (Å²) in [5.74, 6) is 0.410. The Labute approximate surface area is 181 Å². The number of nitrogens with zero attached hydrogens (tertiary/aromatic N) is 2. The number of carbonyl (C=O) groups excluding carboxylic acids is 1. The topological polar surface area (TPSA) is 131 Å². The van der Waals surface area contributed by atoms with Crippen molar-refractivity contribution in [3.05, 3.63) is 59.3 Å². The van der Waals surface area contributed by atoms with Crippen LogP contribution in [0.5, 0.6) is 5.75 Å². The van der Waals surface area contributed by atoms with Crippen molar-refractivity contribution in [2.45, 2.75) is 26.3 Å². The molecule has 160 valence electrons. The zero-order valence-electron chi connectivity index (χ0n) is 17.7. The number of hydrogen-bond acceptors (Lipinski definition) is 6. The fraction of sp³-hybridized carbons (Fsp3) is 0.250. The molecule has 31 heavy (non-hydrogen) atoms. The van der Waals surface area contributed by atoms with Crippen molar-refractivity contribution >= 4 is 17.4 Å². The normalized spacial score (nSPS) is 16.0. The summed E-state index contributed by atoms with van der Waals surface area (Å²) in [7, 11) is 0. The van der Waals surface area contributed by atoms with Crippen LogP contribution in [0.1, 0.15) is 27.9 Å². The minimum Gasteiger partial charge on any atom is -0.508 e. The van der Waals surface area contributed by atoms with E-state index in [0.29, 0.717) is 16.8 Å². The van der Waals surface area contributed by atoms with E-state index in [4.69, 9.17) is 17.2 Å². The molecule has 0 bridgehead atoms. The summed E-state index contributed by atoms with van der Waals surface area (Å²) in [6.45, 7) is 5.39. The van der Waals surface area contributed by atoms with E-state index < -0.39 is 5.91 Å². The highest BCUT2D eigenvalue weighted by Crippen LogP contribution is 2.40. The summed E-state index contributed by atoms with van der Waals surface area (Å²) < 4.78 is 0. The maximum absolute atomic E-state index is 12.2. The summed E-state index contributed by atoms with van der Waals surface area (Å²) in [5.41, 5.74) is 23.4. The molecule has 0 aliphatic carbocycles. The van der Waals surface area contributed by atoms with E-state index in [2.05, 4.69) is 9.88 Å². The molecule has 7 nitrogen and oxygen atoms in total. The first-order valence-corrected chi connectivity index (χ1v) is 10.3. The molecule has 1 atom stereocenters. The molecule has 7 heteroatoms. The third-order valence-electron chi connectivity index (χ3n) is 5.99. The van der Waals surface area contributed by atoms with Gasteiger partial charge in [-0.2, -0.15) is 0 Å². The number of anilines is 2. The second-order valence-corrected chi connectivity index (χ2v) is 8.15. The number of rotatable bonds is 4. The first kappa shape index (κ1) is 20.7. The number of hydrogen-bond donors (Lipinski definition) is 4. The minimum absolute atomic E-state index is 0.145. The van der Waals surface area contributed by atoms with E-state index in [0.717, 1.165) is 47.6 Å². The van der Waals surface area contributed by atoms with Gasteiger partial charge in [0, 0.05) is 30.9 Å². The Morgan fingerprint density at radius 3 is 2.61 bits per heavy atom. The number of aromatic hydroxyl groups is 1. The van der Waals surface area contributed by atoms with Gasteiger partial charge in [0.1, 0.15) is 11.6 Å². The van der Waals surface area contributed by atoms with Crippen LogP contribution in [0.3, 0.4) is 0 Å². The maximum Gasteiger partial charge on any atom is 0.250 e. The monoisotopic (exact) mass is 417 g/mol. The van der Waals surface area contributed by atoms with Crippen molar-refractivity contribution in [2.24, 2.45) is 11.5 Å². The highest BCUT2D eigenvalue weighted by Gasteiger charge is 2.22. The van der Waals surface area contributed by atoms with Crippen LogP contribution < -0.4 is 22.1 Å². The first-order valence-electron chi connectivity index (χ1n) is 10.3. The number of nitrogens with two attached hydrogens (primary N) is 3. The van der Waals surface area contributed by atoms with Crippen molar-refractivity contribution in [3.63, 3.8) is 0 Å². The summed E-state index contributed by atoms with van der Waals surface area (Å²) in [6, 6.07) is 11.1. The Hall–Kier alpha value is -3.58. The molecule has 2 heterocycles. The van der Waals surface area contributed by atoms with Gasteiger partial charge in [0.2, 0.25) is 0 Å². The Kier molecular flexibility index (Phi) is 5.29. The van der Waals surface area contributed by atoms with Crippen molar-refractivity contribution < 1.29 is 9.90 Å². The second kappa shape index (κ2) is 7.92. The molecule has 1 fully saturated rings. The van der Waals surface area contributed by atoms with Crippen LogP contribution in [-0.4, -0.2) is 35.1 Å². The second-order valence-electron chi connectivity index (χ2n) is 8.15. The lowest BCUT2D eigenvalue weighted by Crippen LogP contribution is -2.26. The standard InChI is InChI=1S/C24H27N5O2/c1-13-3-4-20(30)14(2)22(13)18-9-16(10-19(23(18)26)24(27)31)15-5-7-28-21(11-15)29-8-6-17(25)12-29/h3-5,7,9-11,17,30H,6,8,12,25-26H2,1-2H3,(H2,27,31)/t17-/m0/s1. The van der Waals surface area contributed by atoms with Crippen LogP contribution in [0.15, 0.2) is 42.6 Å². The van der Waals surface area contributed by atoms with Gasteiger partial charge in [-0.05, 0) is 78.4 Å². The molecule has 7 N–H and O–H groups in total. The average Bonchev–Trinajstić information content (AvgIpc) is 3.18. The SMILES string of the molecule is Cc1ccc(O)c(C)c1-c1cc(-c2ccnc(N3CC[C@H](N)C3)c2)cc(C(N)=O)c1N. The predicted molar refractivity (Wildman–Crippen MR) is 124 cm³/mol. The van der Waals surface area contributed by atoms with Gasteiger partial charge in [0.25, 0.3) is 5.91 Å². The lowest BCUT2D eigenvalue weighted by atomic mass is 9.89. The molecule has 1 amide bonds. The lowest BCUT2D eigenvalue weighted by Gasteiger charge is -2.19. The van der Waals surface area contributed by atoms with E-state index in [9.17, 15) is 9.90 Å². The van der Waals surface area contributed by atoms with Crippen molar-refractivity contribution in [1.82, 2.24) is 4.98 Å². The van der Waals surface area contributed by atoms with Crippen molar-refractivity contribution in [3.8, 4) is 28.0 Å².